The van der Waals surface area contributed by atoms with E-state index in [0.29, 0.717) is 23.2 Å². The maximum atomic E-state index is 12.0. The van der Waals surface area contributed by atoms with Gasteiger partial charge in [0, 0.05) is 22.9 Å². The number of carbonyl (C=O) groups excluding carboxylic acids is 1. The second-order valence-electron chi connectivity index (χ2n) is 3.99. The van der Waals surface area contributed by atoms with Crippen LogP contribution in [0.15, 0.2) is 12.1 Å². The molecule has 1 aromatic heterocycles. The van der Waals surface area contributed by atoms with Crippen LogP contribution in [0, 0.1) is 0 Å². The molecule has 1 saturated heterocycles. The summed E-state index contributed by atoms with van der Waals surface area (Å²) in [5.41, 5.74) is 0. The fourth-order valence-electron chi connectivity index (χ4n) is 1.76. The van der Waals surface area contributed by atoms with Crippen LogP contribution in [0.25, 0.3) is 0 Å². The third kappa shape index (κ3) is 3.77. The van der Waals surface area contributed by atoms with E-state index < -0.39 is 12.0 Å². The number of hydrogen-bond acceptors (Lipinski definition) is 4. The average Bonchev–Trinajstić information content (AvgIpc) is 2.81. The van der Waals surface area contributed by atoms with Crippen LogP contribution in [0.1, 0.15) is 4.88 Å². The fraction of sp³-hybridized carbons (Fsp3) is 0.455. The molecular formula is C11H13ClN2O3S2. The lowest BCUT2D eigenvalue weighted by molar-refractivity contribution is -0.141. The number of carbonyl (C=O) groups is 2. The molecule has 2 rings (SSSR count). The molecular weight excluding hydrogens is 308 g/mol. The molecule has 2 N–H and O–H groups in total. The van der Waals surface area contributed by atoms with Crippen molar-refractivity contribution in [2.45, 2.75) is 12.6 Å². The van der Waals surface area contributed by atoms with Crippen molar-refractivity contribution < 1.29 is 14.7 Å². The molecule has 0 aliphatic carbocycles. The Balaban J connectivity index is 1.92. The van der Waals surface area contributed by atoms with E-state index in [9.17, 15) is 9.59 Å². The highest BCUT2D eigenvalue weighted by Gasteiger charge is 2.32. The van der Waals surface area contributed by atoms with Crippen molar-refractivity contribution in [2.75, 3.05) is 18.1 Å². The lowest BCUT2D eigenvalue weighted by Gasteiger charge is -2.32. The third-order valence-electron chi connectivity index (χ3n) is 2.72. The molecule has 1 unspecified atom stereocenters. The highest BCUT2D eigenvalue weighted by molar-refractivity contribution is 7.99. The van der Waals surface area contributed by atoms with Crippen molar-refractivity contribution in [1.29, 1.82) is 0 Å². The second-order valence-corrected chi connectivity index (χ2v) is 6.94. The van der Waals surface area contributed by atoms with Gasteiger partial charge in [-0.05, 0) is 12.1 Å². The zero-order valence-electron chi connectivity index (χ0n) is 9.97. The molecule has 1 atom stereocenters. The van der Waals surface area contributed by atoms with E-state index in [1.54, 1.807) is 17.8 Å². The van der Waals surface area contributed by atoms with Crippen molar-refractivity contribution in [3.63, 3.8) is 0 Å². The fourth-order valence-corrected chi connectivity index (χ4v) is 3.83. The number of rotatable bonds is 3. The maximum Gasteiger partial charge on any atom is 0.327 e. The molecule has 2 heterocycles. The summed E-state index contributed by atoms with van der Waals surface area (Å²) < 4.78 is 0.669. The molecule has 19 heavy (non-hydrogen) atoms. The van der Waals surface area contributed by atoms with Gasteiger partial charge in [-0.3, -0.25) is 0 Å². The van der Waals surface area contributed by atoms with E-state index >= 15 is 0 Å². The minimum Gasteiger partial charge on any atom is -0.480 e. The van der Waals surface area contributed by atoms with Gasteiger partial charge in [0.1, 0.15) is 6.04 Å². The predicted molar refractivity (Wildman–Crippen MR) is 77.0 cm³/mol. The van der Waals surface area contributed by atoms with Crippen LogP contribution in [0.2, 0.25) is 4.34 Å². The standard InChI is InChI=1S/C11H13ClN2O3S2/c12-9-2-1-7(19-9)5-13-11(17)14-3-4-18-6-8(14)10(15)16/h1-2,8H,3-6H2,(H,13,17)(H,15,16). The maximum absolute atomic E-state index is 12.0. The number of aliphatic carboxylic acids is 1. The van der Waals surface area contributed by atoms with E-state index in [4.69, 9.17) is 16.7 Å². The molecule has 0 spiro atoms. The zero-order chi connectivity index (χ0) is 13.8. The molecule has 8 heteroatoms. The summed E-state index contributed by atoms with van der Waals surface area (Å²) in [7, 11) is 0. The van der Waals surface area contributed by atoms with Crippen molar-refractivity contribution >= 4 is 46.7 Å². The number of hydrogen-bond donors (Lipinski definition) is 2. The molecule has 5 nitrogen and oxygen atoms in total. The van der Waals surface area contributed by atoms with E-state index in [2.05, 4.69) is 5.32 Å². The molecule has 0 aromatic carbocycles. The molecule has 0 saturated carbocycles. The number of nitrogens with zero attached hydrogens (tertiary/aromatic N) is 1. The topological polar surface area (TPSA) is 69.6 Å². The van der Waals surface area contributed by atoms with Gasteiger partial charge in [-0.1, -0.05) is 11.6 Å². The van der Waals surface area contributed by atoms with E-state index in [0.717, 1.165) is 10.6 Å². The van der Waals surface area contributed by atoms with Crippen LogP contribution in [-0.4, -0.2) is 46.1 Å². The first kappa shape index (κ1) is 14.5. The summed E-state index contributed by atoms with van der Waals surface area (Å²) in [5, 5.41) is 11.8. The molecule has 1 aliphatic heterocycles. The van der Waals surface area contributed by atoms with Crippen molar-refractivity contribution in [3.8, 4) is 0 Å². The van der Waals surface area contributed by atoms with Gasteiger partial charge in [-0.25, -0.2) is 9.59 Å². The van der Waals surface area contributed by atoms with Gasteiger partial charge in [-0.2, -0.15) is 11.8 Å². The quantitative estimate of drug-likeness (QED) is 0.895. The van der Waals surface area contributed by atoms with Gasteiger partial charge < -0.3 is 15.3 Å². The molecule has 104 valence electrons. The summed E-state index contributed by atoms with van der Waals surface area (Å²) in [5.74, 6) is 0.247. The second kappa shape index (κ2) is 6.49. The minimum atomic E-state index is -0.957. The Kier molecular flexibility index (Phi) is 4.95. The summed E-state index contributed by atoms with van der Waals surface area (Å²) in [6.45, 7) is 0.824. The highest BCUT2D eigenvalue weighted by Crippen LogP contribution is 2.21. The molecule has 1 fully saturated rings. The Morgan fingerprint density at radius 1 is 1.53 bits per heavy atom. The van der Waals surface area contributed by atoms with Crippen molar-refractivity contribution in [3.05, 3.63) is 21.3 Å². The zero-order valence-corrected chi connectivity index (χ0v) is 12.4. The minimum absolute atomic E-state index is 0.336. The smallest absolute Gasteiger partial charge is 0.327 e. The van der Waals surface area contributed by atoms with Crippen molar-refractivity contribution in [1.82, 2.24) is 10.2 Å². The summed E-state index contributed by atoms with van der Waals surface area (Å²) in [4.78, 5) is 25.4. The lowest BCUT2D eigenvalue weighted by atomic mass is 10.3. The Hall–Kier alpha value is -0.920. The molecule has 1 aliphatic rings. The van der Waals surface area contributed by atoms with Crippen LogP contribution in [0.4, 0.5) is 4.79 Å². The van der Waals surface area contributed by atoms with Crippen LogP contribution in [-0.2, 0) is 11.3 Å². The summed E-state index contributed by atoms with van der Waals surface area (Å²) >= 11 is 8.75. The van der Waals surface area contributed by atoms with Crippen molar-refractivity contribution in [2.24, 2.45) is 0 Å². The van der Waals surface area contributed by atoms with Gasteiger partial charge in [0.25, 0.3) is 0 Å². The van der Waals surface area contributed by atoms with E-state index in [1.807, 2.05) is 6.07 Å². The van der Waals surface area contributed by atoms with Crippen LogP contribution < -0.4 is 5.32 Å². The van der Waals surface area contributed by atoms with E-state index in [1.165, 1.54) is 16.2 Å². The number of carboxylic acids is 1. The Morgan fingerprint density at radius 3 is 2.95 bits per heavy atom. The van der Waals surface area contributed by atoms with Crippen LogP contribution in [0.5, 0.6) is 0 Å². The highest BCUT2D eigenvalue weighted by atomic mass is 35.5. The first-order chi connectivity index (χ1) is 9.08. The first-order valence-corrected chi connectivity index (χ1v) is 8.02. The molecule has 0 radical (unpaired) electrons. The number of carboxylic acid groups (broad SMARTS) is 1. The molecule has 0 bridgehead atoms. The predicted octanol–water partition coefficient (Wildman–Crippen LogP) is 2.11. The van der Waals surface area contributed by atoms with Crippen LogP contribution >= 0.6 is 34.7 Å². The van der Waals surface area contributed by atoms with E-state index in [-0.39, 0.29) is 6.03 Å². The largest absolute Gasteiger partial charge is 0.480 e. The number of halogens is 1. The monoisotopic (exact) mass is 320 g/mol. The van der Waals surface area contributed by atoms with Gasteiger partial charge in [0.05, 0.1) is 10.9 Å². The number of thiophene rings is 1. The summed E-state index contributed by atoms with van der Waals surface area (Å²) in [6.07, 6.45) is 0. The Bertz CT molecular complexity index is 480. The average molecular weight is 321 g/mol. The van der Waals surface area contributed by atoms with Gasteiger partial charge in [0.15, 0.2) is 0 Å². The third-order valence-corrected chi connectivity index (χ3v) is 4.97. The normalized spacial score (nSPS) is 19.2. The van der Waals surface area contributed by atoms with Crippen LogP contribution in [0.3, 0.4) is 0 Å². The Labute approximate surface area is 123 Å². The number of thioether (sulfide) groups is 1. The lowest BCUT2D eigenvalue weighted by Crippen LogP contribution is -2.53. The SMILES string of the molecule is O=C(O)C1CSCCN1C(=O)NCc1ccc(Cl)s1. The molecule has 1 aromatic rings. The van der Waals surface area contributed by atoms with Gasteiger partial charge >= 0.3 is 12.0 Å². The summed E-state index contributed by atoms with van der Waals surface area (Å²) in [6, 6.07) is 2.53. The molecule has 2 amide bonds. The van der Waals surface area contributed by atoms with Gasteiger partial charge in [0.2, 0.25) is 0 Å². The first-order valence-electron chi connectivity index (χ1n) is 5.67. The number of urea groups is 1. The Morgan fingerprint density at radius 2 is 2.32 bits per heavy atom. The number of nitrogens with one attached hydrogen (secondary N) is 1. The number of amides is 2. The van der Waals surface area contributed by atoms with Gasteiger partial charge in [-0.15, -0.1) is 11.3 Å².